The van der Waals surface area contributed by atoms with E-state index in [1.807, 2.05) is 19.9 Å². The van der Waals surface area contributed by atoms with Crippen LogP contribution >= 0.6 is 0 Å². The minimum absolute atomic E-state index is 0.0355. The van der Waals surface area contributed by atoms with Crippen LogP contribution in [0.1, 0.15) is 24.2 Å². The van der Waals surface area contributed by atoms with Crippen LogP contribution in [0, 0.1) is 0 Å². The Hall–Kier alpha value is -1.35. The molecule has 0 aliphatic carbocycles. The molecule has 0 atom stereocenters. The highest BCUT2D eigenvalue weighted by atomic mass is 16.5. The van der Waals surface area contributed by atoms with Gasteiger partial charge in [0.25, 0.3) is 0 Å². The molecule has 0 bridgehead atoms. The van der Waals surface area contributed by atoms with Crippen LogP contribution < -0.4 is 4.74 Å². The normalized spacial score (nSPS) is 10.4. The van der Waals surface area contributed by atoms with Crippen LogP contribution in [0.2, 0.25) is 0 Å². The predicted molar refractivity (Wildman–Crippen MR) is 58.4 cm³/mol. The van der Waals surface area contributed by atoms with Crippen LogP contribution in [0.3, 0.4) is 0 Å². The van der Waals surface area contributed by atoms with Gasteiger partial charge in [-0.05, 0) is 26.0 Å². The van der Waals surface area contributed by atoms with Gasteiger partial charge in [-0.3, -0.25) is 4.79 Å². The number of methoxy groups -OCH3 is 1. The van der Waals surface area contributed by atoms with E-state index in [0.717, 1.165) is 0 Å². The van der Waals surface area contributed by atoms with E-state index in [0.29, 0.717) is 11.3 Å². The summed E-state index contributed by atoms with van der Waals surface area (Å²) in [7, 11) is 1.51. The second kappa shape index (κ2) is 5.51. The molecule has 0 aliphatic rings. The lowest BCUT2D eigenvalue weighted by atomic mass is 10.1. The molecule has 82 valence electrons. The number of benzene rings is 1. The molecule has 1 aromatic rings. The van der Waals surface area contributed by atoms with Gasteiger partial charge in [0, 0.05) is 12.7 Å². The summed E-state index contributed by atoms with van der Waals surface area (Å²) in [5.41, 5.74) is 0.620. The lowest BCUT2D eigenvalue weighted by Crippen LogP contribution is -2.09. The quantitative estimate of drug-likeness (QED) is 0.696. The lowest BCUT2D eigenvalue weighted by Gasteiger charge is -2.10. The smallest absolute Gasteiger partial charge is 0.188 e. The van der Waals surface area contributed by atoms with E-state index in [-0.39, 0.29) is 18.5 Å². The maximum atomic E-state index is 11.5. The largest absolute Gasteiger partial charge is 0.491 e. The Labute approximate surface area is 90.0 Å². The molecule has 0 saturated heterocycles. The third-order valence-corrected chi connectivity index (χ3v) is 1.80. The fraction of sp³-hybridized carbons (Fsp3) is 0.417. The van der Waals surface area contributed by atoms with Gasteiger partial charge < -0.3 is 9.47 Å². The Kier molecular flexibility index (Phi) is 4.31. The van der Waals surface area contributed by atoms with Gasteiger partial charge in [-0.25, -0.2) is 0 Å². The maximum Gasteiger partial charge on any atom is 0.188 e. The summed E-state index contributed by atoms with van der Waals surface area (Å²) in [4.78, 5) is 11.5. The number of ketones is 1. The molecule has 1 rings (SSSR count). The first kappa shape index (κ1) is 11.7. The van der Waals surface area contributed by atoms with Crippen LogP contribution in [0.4, 0.5) is 0 Å². The Morgan fingerprint density at radius 1 is 1.40 bits per heavy atom. The Morgan fingerprint density at radius 3 is 2.73 bits per heavy atom. The first-order valence-corrected chi connectivity index (χ1v) is 4.92. The number of carbonyl (C=O) groups is 1. The second-order valence-corrected chi connectivity index (χ2v) is 3.55. The minimum atomic E-state index is -0.0355. The van der Waals surface area contributed by atoms with Gasteiger partial charge in [0.05, 0.1) is 6.10 Å². The molecule has 1 aromatic carbocycles. The van der Waals surface area contributed by atoms with Crippen LogP contribution in [-0.4, -0.2) is 25.6 Å². The van der Waals surface area contributed by atoms with E-state index in [1.165, 1.54) is 7.11 Å². The van der Waals surface area contributed by atoms with Gasteiger partial charge in [-0.15, -0.1) is 0 Å². The van der Waals surface area contributed by atoms with Crippen molar-refractivity contribution in [1.82, 2.24) is 0 Å². The maximum absolute atomic E-state index is 11.5. The van der Waals surface area contributed by atoms with Crippen molar-refractivity contribution >= 4 is 5.78 Å². The number of ether oxygens (including phenoxy) is 2. The molecule has 15 heavy (non-hydrogen) atoms. The molecule has 0 fully saturated rings. The van der Waals surface area contributed by atoms with Crippen molar-refractivity contribution < 1.29 is 14.3 Å². The molecule has 3 heteroatoms. The molecule has 0 heterocycles. The predicted octanol–water partition coefficient (Wildman–Crippen LogP) is 2.30. The minimum Gasteiger partial charge on any atom is -0.491 e. The monoisotopic (exact) mass is 208 g/mol. The van der Waals surface area contributed by atoms with E-state index < -0.39 is 0 Å². The molecule has 0 amide bonds. The first-order valence-electron chi connectivity index (χ1n) is 4.92. The number of carbonyl (C=O) groups excluding carboxylic acids is 1. The molecule has 0 saturated carbocycles. The van der Waals surface area contributed by atoms with E-state index >= 15 is 0 Å². The molecular weight excluding hydrogens is 192 g/mol. The molecule has 0 unspecified atom stereocenters. The van der Waals surface area contributed by atoms with Crippen molar-refractivity contribution in [2.75, 3.05) is 13.7 Å². The summed E-state index contributed by atoms with van der Waals surface area (Å²) in [6, 6.07) is 7.14. The van der Waals surface area contributed by atoms with Crippen molar-refractivity contribution in [3.8, 4) is 5.75 Å². The third-order valence-electron chi connectivity index (χ3n) is 1.80. The van der Waals surface area contributed by atoms with Crippen molar-refractivity contribution in [3.05, 3.63) is 29.8 Å². The molecular formula is C12H16O3. The summed E-state index contributed by atoms with van der Waals surface area (Å²) >= 11 is 0. The zero-order chi connectivity index (χ0) is 11.3. The average Bonchev–Trinajstić information content (AvgIpc) is 2.17. The molecule has 3 nitrogen and oxygen atoms in total. The van der Waals surface area contributed by atoms with E-state index in [1.54, 1.807) is 18.2 Å². The van der Waals surface area contributed by atoms with Gasteiger partial charge in [0.15, 0.2) is 5.78 Å². The van der Waals surface area contributed by atoms with Crippen molar-refractivity contribution in [2.45, 2.75) is 20.0 Å². The SMILES string of the molecule is COCC(=O)c1cccc(OC(C)C)c1. The van der Waals surface area contributed by atoms with Gasteiger partial charge in [0.1, 0.15) is 12.4 Å². The summed E-state index contributed by atoms with van der Waals surface area (Å²) < 4.78 is 10.3. The zero-order valence-corrected chi connectivity index (χ0v) is 9.32. The Morgan fingerprint density at radius 2 is 2.13 bits per heavy atom. The molecule has 0 aromatic heterocycles. The number of Topliss-reactive ketones (excluding diaryl/α,β-unsaturated/α-hetero) is 1. The number of hydrogen-bond acceptors (Lipinski definition) is 3. The highest BCUT2D eigenvalue weighted by Crippen LogP contribution is 2.15. The Balaban J connectivity index is 2.78. The summed E-state index contributed by atoms with van der Waals surface area (Å²) in [6.45, 7) is 4.00. The Bertz CT molecular complexity index is 331. The van der Waals surface area contributed by atoms with Crippen LogP contribution in [0.25, 0.3) is 0 Å². The summed E-state index contributed by atoms with van der Waals surface area (Å²) in [5, 5.41) is 0. The van der Waals surface area contributed by atoms with Crippen molar-refractivity contribution in [1.29, 1.82) is 0 Å². The molecule has 0 spiro atoms. The first-order chi connectivity index (χ1) is 7.13. The standard InChI is InChI=1S/C12H16O3/c1-9(2)15-11-6-4-5-10(7-11)12(13)8-14-3/h4-7,9H,8H2,1-3H3. The van der Waals surface area contributed by atoms with Crippen LogP contribution in [0.15, 0.2) is 24.3 Å². The number of rotatable bonds is 5. The van der Waals surface area contributed by atoms with Crippen LogP contribution in [-0.2, 0) is 4.74 Å². The molecule has 0 N–H and O–H groups in total. The second-order valence-electron chi connectivity index (χ2n) is 3.55. The summed E-state index contributed by atoms with van der Waals surface area (Å²) in [6.07, 6.45) is 0.109. The van der Waals surface area contributed by atoms with Gasteiger partial charge in [0.2, 0.25) is 0 Å². The van der Waals surface area contributed by atoms with E-state index in [4.69, 9.17) is 9.47 Å². The number of hydrogen-bond donors (Lipinski definition) is 0. The fourth-order valence-corrected chi connectivity index (χ4v) is 1.23. The average molecular weight is 208 g/mol. The topological polar surface area (TPSA) is 35.5 Å². The molecule has 0 radical (unpaired) electrons. The summed E-state index contributed by atoms with van der Waals surface area (Å²) in [5.74, 6) is 0.679. The fourth-order valence-electron chi connectivity index (χ4n) is 1.23. The zero-order valence-electron chi connectivity index (χ0n) is 9.32. The van der Waals surface area contributed by atoms with Gasteiger partial charge >= 0.3 is 0 Å². The highest BCUT2D eigenvalue weighted by Gasteiger charge is 2.06. The highest BCUT2D eigenvalue weighted by molar-refractivity contribution is 5.97. The third kappa shape index (κ3) is 3.72. The van der Waals surface area contributed by atoms with Crippen LogP contribution in [0.5, 0.6) is 5.75 Å². The lowest BCUT2D eigenvalue weighted by molar-refractivity contribution is 0.0847. The van der Waals surface area contributed by atoms with Crippen molar-refractivity contribution in [2.24, 2.45) is 0 Å². The van der Waals surface area contributed by atoms with Gasteiger partial charge in [-0.1, -0.05) is 12.1 Å². The van der Waals surface area contributed by atoms with E-state index in [2.05, 4.69) is 0 Å². The molecule has 0 aliphatic heterocycles. The van der Waals surface area contributed by atoms with E-state index in [9.17, 15) is 4.79 Å². The van der Waals surface area contributed by atoms with Crippen molar-refractivity contribution in [3.63, 3.8) is 0 Å². The van der Waals surface area contributed by atoms with Gasteiger partial charge in [-0.2, -0.15) is 0 Å².